The second-order valence-electron chi connectivity index (χ2n) is 6.73. The lowest BCUT2D eigenvalue weighted by Crippen LogP contribution is -2.36. The predicted octanol–water partition coefficient (Wildman–Crippen LogP) is 1.23. The van der Waals surface area contributed by atoms with Crippen LogP contribution in [0.15, 0.2) is 17.1 Å². The van der Waals surface area contributed by atoms with Gasteiger partial charge in [0.25, 0.3) is 11.5 Å². The first-order valence-electron chi connectivity index (χ1n) is 8.09. The molecule has 8 nitrogen and oxygen atoms in total. The van der Waals surface area contributed by atoms with Crippen LogP contribution in [0.2, 0.25) is 0 Å². The minimum absolute atomic E-state index is 0.0952. The number of carbonyl (C=O) groups excluding carboxylic acids is 1. The Bertz CT molecular complexity index is 1010. The zero-order chi connectivity index (χ0) is 17.0. The molecule has 1 saturated carbocycles. The fourth-order valence-electron chi connectivity index (χ4n) is 2.94. The fourth-order valence-corrected chi connectivity index (χ4v) is 2.94. The van der Waals surface area contributed by atoms with E-state index in [2.05, 4.69) is 15.4 Å². The molecule has 24 heavy (non-hydrogen) atoms. The summed E-state index contributed by atoms with van der Waals surface area (Å²) in [5, 5.41) is 18.3. The maximum absolute atomic E-state index is 12.9. The fraction of sp³-hybridized carbons (Fsp3) is 0.438. The molecule has 0 saturated heterocycles. The number of H-pyrrole nitrogens is 1. The van der Waals surface area contributed by atoms with Gasteiger partial charge in [-0.05, 0) is 24.8 Å². The third kappa shape index (κ3) is 2.17. The van der Waals surface area contributed by atoms with Crippen molar-refractivity contribution in [2.75, 3.05) is 0 Å². The van der Waals surface area contributed by atoms with E-state index >= 15 is 0 Å². The standard InChI is InChI=1S/C16H19N5O3/c1-8(2)7-20-14-10-5-6-17-12(10)19-21(14)16(24)11(15(20)23)13(22)18-9-3-4-9/h5-6,8-9,24H,3-4,7H2,1-2H3,(H,17,19)(H,18,22). The molecule has 3 heterocycles. The summed E-state index contributed by atoms with van der Waals surface area (Å²) < 4.78 is 2.79. The number of hydrogen-bond acceptors (Lipinski definition) is 4. The molecule has 0 spiro atoms. The highest BCUT2D eigenvalue weighted by molar-refractivity contribution is 5.98. The van der Waals surface area contributed by atoms with E-state index < -0.39 is 17.3 Å². The number of aromatic amines is 1. The zero-order valence-corrected chi connectivity index (χ0v) is 13.5. The minimum atomic E-state index is -0.543. The smallest absolute Gasteiger partial charge is 0.270 e. The molecule has 1 amide bonds. The minimum Gasteiger partial charge on any atom is -0.492 e. The van der Waals surface area contributed by atoms with Crippen molar-refractivity contribution in [1.82, 2.24) is 24.5 Å². The van der Waals surface area contributed by atoms with Gasteiger partial charge in [0.1, 0.15) is 0 Å². The highest BCUT2D eigenvalue weighted by atomic mass is 16.3. The number of hydrogen-bond donors (Lipinski definition) is 3. The van der Waals surface area contributed by atoms with Crippen molar-refractivity contribution in [2.24, 2.45) is 5.92 Å². The predicted molar refractivity (Wildman–Crippen MR) is 88.3 cm³/mol. The van der Waals surface area contributed by atoms with Crippen molar-refractivity contribution in [2.45, 2.75) is 39.3 Å². The lowest BCUT2D eigenvalue weighted by Gasteiger charge is -2.14. The van der Waals surface area contributed by atoms with E-state index in [4.69, 9.17) is 0 Å². The third-order valence-corrected chi connectivity index (χ3v) is 4.19. The second-order valence-corrected chi connectivity index (χ2v) is 6.73. The van der Waals surface area contributed by atoms with E-state index in [0.29, 0.717) is 17.8 Å². The van der Waals surface area contributed by atoms with Gasteiger partial charge in [-0.3, -0.25) is 14.2 Å². The van der Waals surface area contributed by atoms with Crippen molar-refractivity contribution in [3.63, 3.8) is 0 Å². The SMILES string of the molecule is CC(C)Cn1c(=O)c(C(=O)NC2CC2)c(O)n2nc3[nH]ccc3c12. The number of aromatic hydroxyl groups is 1. The highest BCUT2D eigenvalue weighted by Crippen LogP contribution is 2.25. The van der Waals surface area contributed by atoms with Gasteiger partial charge in [0.2, 0.25) is 5.88 Å². The van der Waals surface area contributed by atoms with Crippen molar-refractivity contribution in [3.8, 4) is 5.88 Å². The maximum Gasteiger partial charge on any atom is 0.270 e. The Labute approximate surface area is 137 Å². The topological polar surface area (TPSA) is 104 Å². The van der Waals surface area contributed by atoms with Gasteiger partial charge in [0.05, 0.1) is 5.39 Å². The lowest BCUT2D eigenvalue weighted by atomic mass is 10.2. The Kier molecular flexibility index (Phi) is 3.16. The monoisotopic (exact) mass is 329 g/mol. The Balaban J connectivity index is 2.02. The first-order valence-corrected chi connectivity index (χ1v) is 8.09. The summed E-state index contributed by atoms with van der Waals surface area (Å²) in [6.45, 7) is 4.41. The average molecular weight is 329 g/mol. The van der Waals surface area contributed by atoms with Crippen molar-refractivity contribution >= 4 is 22.6 Å². The van der Waals surface area contributed by atoms with E-state index in [1.807, 2.05) is 13.8 Å². The molecule has 1 aliphatic rings. The van der Waals surface area contributed by atoms with E-state index in [1.165, 1.54) is 9.08 Å². The van der Waals surface area contributed by atoms with Crippen molar-refractivity contribution in [1.29, 1.82) is 0 Å². The normalized spacial score (nSPS) is 14.8. The quantitative estimate of drug-likeness (QED) is 0.669. The van der Waals surface area contributed by atoms with Crippen LogP contribution in [0, 0.1) is 5.92 Å². The Hall–Kier alpha value is -2.77. The van der Waals surface area contributed by atoms with Gasteiger partial charge in [-0.25, -0.2) is 0 Å². The summed E-state index contributed by atoms with van der Waals surface area (Å²) in [5.41, 5.74) is 0.308. The van der Waals surface area contributed by atoms with E-state index in [1.54, 1.807) is 12.3 Å². The summed E-state index contributed by atoms with van der Waals surface area (Å²) in [6.07, 6.45) is 3.53. The third-order valence-electron chi connectivity index (χ3n) is 4.19. The summed E-state index contributed by atoms with van der Waals surface area (Å²) >= 11 is 0. The van der Waals surface area contributed by atoms with Gasteiger partial charge in [0.15, 0.2) is 16.9 Å². The van der Waals surface area contributed by atoms with Gasteiger partial charge >= 0.3 is 0 Å². The number of amides is 1. The molecule has 1 fully saturated rings. The number of nitrogens with one attached hydrogen (secondary N) is 2. The summed E-state index contributed by atoms with van der Waals surface area (Å²) in [4.78, 5) is 28.3. The van der Waals surface area contributed by atoms with Crippen LogP contribution < -0.4 is 10.9 Å². The Morgan fingerprint density at radius 3 is 2.92 bits per heavy atom. The number of aromatic nitrogens is 4. The van der Waals surface area contributed by atoms with Crippen LogP contribution >= 0.6 is 0 Å². The van der Waals surface area contributed by atoms with Gasteiger partial charge in [0, 0.05) is 18.8 Å². The van der Waals surface area contributed by atoms with Crippen LogP contribution in [0.25, 0.3) is 16.7 Å². The van der Waals surface area contributed by atoms with Crippen LogP contribution in [0.3, 0.4) is 0 Å². The molecule has 0 aromatic carbocycles. The largest absolute Gasteiger partial charge is 0.492 e. The highest BCUT2D eigenvalue weighted by Gasteiger charge is 2.30. The molecule has 0 bridgehead atoms. The van der Waals surface area contributed by atoms with Gasteiger partial charge < -0.3 is 15.4 Å². The van der Waals surface area contributed by atoms with Gasteiger partial charge in [-0.15, -0.1) is 5.10 Å². The maximum atomic E-state index is 12.9. The molecule has 3 aromatic rings. The van der Waals surface area contributed by atoms with E-state index in [-0.39, 0.29) is 17.5 Å². The first-order chi connectivity index (χ1) is 11.5. The summed E-state index contributed by atoms with van der Waals surface area (Å²) in [6, 6.07) is 1.90. The zero-order valence-electron chi connectivity index (χ0n) is 13.5. The Morgan fingerprint density at radius 2 is 2.25 bits per heavy atom. The van der Waals surface area contributed by atoms with E-state index in [9.17, 15) is 14.7 Å². The number of fused-ring (bicyclic) bond motifs is 3. The molecule has 3 aromatic heterocycles. The van der Waals surface area contributed by atoms with Gasteiger partial charge in [-0.2, -0.15) is 4.52 Å². The van der Waals surface area contributed by atoms with Crippen molar-refractivity contribution in [3.05, 3.63) is 28.2 Å². The number of rotatable bonds is 4. The molecule has 0 radical (unpaired) electrons. The average Bonchev–Trinajstić information content (AvgIpc) is 3.07. The summed E-state index contributed by atoms with van der Waals surface area (Å²) in [5.74, 6) is -0.768. The van der Waals surface area contributed by atoms with Crippen molar-refractivity contribution < 1.29 is 9.90 Å². The molecule has 1 aliphatic carbocycles. The number of carbonyl (C=O) groups is 1. The molecule has 0 atom stereocenters. The summed E-state index contributed by atoms with van der Waals surface area (Å²) in [7, 11) is 0. The molecular formula is C16H19N5O3. The molecule has 0 unspecified atom stereocenters. The molecule has 3 N–H and O–H groups in total. The molecular weight excluding hydrogens is 310 g/mol. The van der Waals surface area contributed by atoms with Gasteiger partial charge in [-0.1, -0.05) is 13.8 Å². The molecule has 8 heteroatoms. The first kappa shape index (κ1) is 14.8. The molecule has 126 valence electrons. The molecule has 4 rings (SSSR count). The van der Waals surface area contributed by atoms with Crippen LogP contribution in [-0.2, 0) is 6.54 Å². The van der Waals surface area contributed by atoms with Crippen LogP contribution in [0.1, 0.15) is 37.0 Å². The van der Waals surface area contributed by atoms with Crippen LogP contribution in [0.5, 0.6) is 5.88 Å². The van der Waals surface area contributed by atoms with Crippen LogP contribution in [0.4, 0.5) is 0 Å². The second kappa shape index (κ2) is 5.12. The number of nitrogens with zero attached hydrogens (tertiary/aromatic N) is 3. The van der Waals surface area contributed by atoms with Crippen LogP contribution in [-0.4, -0.2) is 36.2 Å². The lowest BCUT2D eigenvalue weighted by molar-refractivity contribution is 0.0944. The Morgan fingerprint density at radius 1 is 1.50 bits per heavy atom. The van der Waals surface area contributed by atoms with E-state index in [0.717, 1.165) is 18.2 Å². The molecule has 0 aliphatic heterocycles.